The summed E-state index contributed by atoms with van der Waals surface area (Å²) in [5.41, 5.74) is -0.460. The summed E-state index contributed by atoms with van der Waals surface area (Å²) >= 11 is 0. The van der Waals surface area contributed by atoms with Crippen LogP contribution in [0.5, 0.6) is 0 Å². The number of amides is 2. The van der Waals surface area contributed by atoms with Crippen molar-refractivity contribution in [1.82, 2.24) is 9.80 Å². The molecule has 2 amide bonds. The van der Waals surface area contributed by atoms with Crippen LogP contribution in [0.15, 0.2) is 0 Å². The Labute approximate surface area is 126 Å². The summed E-state index contributed by atoms with van der Waals surface area (Å²) in [5.74, 6) is 0.829. The van der Waals surface area contributed by atoms with Gasteiger partial charge in [0.15, 0.2) is 0 Å². The van der Waals surface area contributed by atoms with E-state index in [0.717, 1.165) is 12.8 Å². The first-order chi connectivity index (χ1) is 9.65. The third kappa shape index (κ3) is 4.02. The number of carbonyl (C=O) groups is 2. The van der Waals surface area contributed by atoms with E-state index in [1.54, 1.807) is 19.0 Å². The van der Waals surface area contributed by atoms with Crippen molar-refractivity contribution in [1.29, 1.82) is 0 Å². The number of ether oxygens (including phenoxy) is 2. The van der Waals surface area contributed by atoms with Gasteiger partial charge >= 0.3 is 12.2 Å². The summed E-state index contributed by atoms with van der Waals surface area (Å²) in [4.78, 5) is 26.8. The molecule has 0 bridgehead atoms. The minimum Gasteiger partial charge on any atom is -0.446 e. The molecule has 120 valence electrons. The van der Waals surface area contributed by atoms with Gasteiger partial charge in [-0.1, -0.05) is 0 Å². The highest BCUT2D eigenvalue weighted by Gasteiger charge is 2.44. The van der Waals surface area contributed by atoms with Crippen molar-refractivity contribution >= 4 is 12.2 Å². The molecule has 0 aromatic carbocycles. The van der Waals surface area contributed by atoms with Crippen LogP contribution in [0.4, 0.5) is 9.59 Å². The van der Waals surface area contributed by atoms with Crippen molar-refractivity contribution in [3.8, 4) is 0 Å². The summed E-state index contributed by atoms with van der Waals surface area (Å²) in [6.45, 7) is 7.03. The Morgan fingerprint density at radius 3 is 2.05 bits per heavy atom. The lowest BCUT2D eigenvalue weighted by molar-refractivity contribution is 0.0257. The highest BCUT2D eigenvalue weighted by molar-refractivity contribution is 5.68. The molecule has 1 unspecified atom stereocenters. The van der Waals surface area contributed by atoms with Crippen LogP contribution in [-0.2, 0) is 9.47 Å². The molecule has 2 aliphatic rings. The molecule has 1 heterocycles. The molecule has 0 radical (unpaired) electrons. The Morgan fingerprint density at radius 2 is 1.62 bits per heavy atom. The zero-order valence-corrected chi connectivity index (χ0v) is 13.6. The van der Waals surface area contributed by atoms with Gasteiger partial charge in [-0.05, 0) is 45.4 Å². The van der Waals surface area contributed by atoms with Crippen LogP contribution in [0.1, 0.15) is 33.6 Å². The van der Waals surface area contributed by atoms with E-state index in [0.29, 0.717) is 24.9 Å². The van der Waals surface area contributed by atoms with Gasteiger partial charge in [0, 0.05) is 27.2 Å². The molecule has 1 saturated carbocycles. The van der Waals surface area contributed by atoms with Gasteiger partial charge in [0.25, 0.3) is 0 Å². The highest BCUT2D eigenvalue weighted by Crippen LogP contribution is 2.39. The second-order valence-electron chi connectivity index (χ2n) is 7.28. The monoisotopic (exact) mass is 298 g/mol. The quantitative estimate of drug-likeness (QED) is 0.745. The largest absolute Gasteiger partial charge is 0.446 e. The van der Waals surface area contributed by atoms with Gasteiger partial charge in [-0.3, -0.25) is 0 Å². The summed E-state index contributed by atoms with van der Waals surface area (Å²) in [5, 5.41) is 0. The fourth-order valence-electron chi connectivity index (χ4n) is 3.06. The fourth-order valence-corrected chi connectivity index (χ4v) is 3.06. The lowest BCUT2D eigenvalue weighted by atomic mass is 10.0. The summed E-state index contributed by atoms with van der Waals surface area (Å²) < 4.78 is 10.8. The maximum atomic E-state index is 12.1. The Kier molecular flexibility index (Phi) is 4.35. The van der Waals surface area contributed by atoms with E-state index < -0.39 is 5.60 Å². The van der Waals surface area contributed by atoms with E-state index in [4.69, 9.17) is 9.47 Å². The average Bonchev–Trinajstić information content (AvgIpc) is 2.83. The Hall–Kier alpha value is -1.46. The SMILES string of the molecule is CN(C)C(=O)OC1C[C@@H]2CN(C(=O)OC(C)(C)C)C[C@@H]2C1. The molecule has 1 aliphatic carbocycles. The molecule has 0 spiro atoms. The summed E-state index contributed by atoms with van der Waals surface area (Å²) in [7, 11) is 3.37. The predicted octanol–water partition coefficient (Wildman–Crippen LogP) is 2.33. The van der Waals surface area contributed by atoms with E-state index >= 15 is 0 Å². The fraction of sp³-hybridized carbons (Fsp3) is 0.867. The number of rotatable bonds is 1. The van der Waals surface area contributed by atoms with Crippen molar-refractivity contribution in [3.05, 3.63) is 0 Å². The molecule has 1 saturated heterocycles. The smallest absolute Gasteiger partial charge is 0.410 e. The third-order valence-electron chi connectivity index (χ3n) is 3.99. The van der Waals surface area contributed by atoms with Crippen LogP contribution in [0, 0.1) is 11.8 Å². The van der Waals surface area contributed by atoms with Gasteiger partial charge < -0.3 is 19.3 Å². The van der Waals surface area contributed by atoms with Crippen molar-refractivity contribution in [2.75, 3.05) is 27.2 Å². The third-order valence-corrected chi connectivity index (χ3v) is 3.99. The zero-order chi connectivity index (χ0) is 15.8. The molecule has 0 aromatic heterocycles. The maximum Gasteiger partial charge on any atom is 0.410 e. The predicted molar refractivity (Wildman–Crippen MR) is 78.0 cm³/mol. The zero-order valence-electron chi connectivity index (χ0n) is 13.6. The molecule has 2 rings (SSSR count). The first kappa shape index (κ1) is 15.9. The van der Waals surface area contributed by atoms with Crippen LogP contribution < -0.4 is 0 Å². The van der Waals surface area contributed by atoms with Crippen molar-refractivity contribution in [3.63, 3.8) is 0 Å². The molecular formula is C15H26N2O4. The van der Waals surface area contributed by atoms with Crippen LogP contribution >= 0.6 is 0 Å². The molecule has 3 atom stereocenters. The van der Waals surface area contributed by atoms with Gasteiger partial charge in [-0.2, -0.15) is 0 Å². The Balaban J connectivity index is 1.82. The first-order valence-corrected chi connectivity index (χ1v) is 7.51. The topological polar surface area (TPSA) is 59.1 Å². The van der Waals surface area contributed by atoms with Crippen molar-refractivity contribution < 1.29 is 19.1 Å². The number of nitrogens with zero attached hydrogens (tertiary/aromatic N) is 2. The molecular weight excluding hydrogens is 272 g/mol. The summed E-state index contributed by atoms with van der Waals surface area (Å²) in [6.07, 6.45) is 1.13. The normalized spacial score (nSPS) is 28.2. The van der Waals surface area contributed by atoms with E-state index in [1.165, 1.54) is 4.90 Å². The second-order valence-corrected chi connectivity index (χ2v) is 7.28. The maximum absolute atomic E-state index is 12.1. The number of hydrogen-bond donors (Lipinski definition) is 0. The van der Waals surface area contributed by atoms with Crippen LogP contribution in [-0.4, -0.2) is 60.9 Å². The number of fused-ring (bicyclic) bond motifs is 1. The molecule has 1 aliphatic heterocycles. The molecule has 0 aromatic rings. The van der Waals surface area contributed by atoms with E-state index in [2.05, 4.69) is 0 Å². The van der Waals surface area contributed by atoms with Crippen LogP contribution in [0.2, 0.25) is 0 Å². The standard InChI is InChI=1S/C15H26N2O4/c1-15(2,3)21-14(19)17-8-10-6-12(7-11(10)9-17)20-13(18)16(4)5/h10-12H,6-9H2,1-5H3/t10-,11+,12?. The van der Waals surface area contributed by atoms with Gasteiger partial charge in [0.1, 0.15) is 11.7 Å². The summed E-state index contributed by atoms with van der Waals surface area (Å²) in [6, 6.07) is 0. The van der Waals surface area contributed by atoms with Crippen molar-refractivity contribution in [2.24, 2.45) is 11.8 Å². The van der Waals surface area contributed by atoms with Gasteiger partial charge in [0.05, 0.1) is 0 Å². The van der Waals surface area contributed by atoms with E-state index in [9.17, 15) is 9.59 Å². The minimum absolute atomic E-state index is 0.0179. The lowest BCUT2D eigenvalue weighted by Crippen LogP contribution is -2.36. The van der Waals surface area contributed by atoms with E-state index in [-0.39, 0.29) is 18.3 Å². The highest BCUT2D eigenvalue weighted by atomic mass is 16.6. The van der Waals surface area contributed by atoms with Crippen LogP contribution in [0.25, 0.3) is 0 Å². The number of hydrogen-bond acceptors (Lipinski definition) is 4. The Bertz CT molecular complexity index is 402. The van der Waals surface area contributed by atoms with Gasteiger partial charge in [-0.15, -0.1) is 0 Å². The average molecular weight is 298 g/mol. The molecule has 6 heteroatoms. The van der Waals surface area contributed by atoms with Crippen molar-refractivity contribution in [2.45, 2.75) is 45.3 Å². The minimum atomic E-state index is -0.460. The van der Waals surface area contributed by atoms with Crippen LogP contribution in [0.3, 0.4) is 0 Å². The first-order valence-electron chi connectivity index (χ1n) is 7.51. The number of carbonyl (C=O) groups excluding carboxylic acids is 2. The molecule has 2 fully saturated rings. The van der Waals surface area contributed by atoms with E-state index in [1.807, 2.05) is 20.8 Å². The lowest BCUT2D eigenvalue weighted by Gasteiger charge is -2.25. The van der Waals surface area contributed by atoms with Gasteiger partial charge in [0.2, 0.25) is 0 Å². The molecule has 21 heavy (non-hydrogen) atoms. The van der Waals surface area contributed by atoms with Gasteiger partial charge in [-0.25, -0.2) is 9.59 Å². The number of likely N-dealkylation sites (tertiary alicyclic amines) is 1. The molecule has 6 nitrogen and oxygen atoms in total. The Morgan fingerprint density at radius 1 is 1.10 bits per heavy atom. The molecule has 0 N–H and O–H groups in total. The second kappa shape index (κ2) is 5.73.